The van der Waals surface area contributed by atoms with Crippen LogP contribution in [0, 0.1) is 23.6 Å². The number of pyridine rings is 1. The minimum atomic E-state index is -1.32. The summed E-state index contributed by atoms with van der Waals surface area (Å²) in [4.78, 5) is 26.0. The molecule has 3 heterocycles. The predicted molar refractivity (Wildman–Crippen MR) is 97.1 cm³/mol. The van der Waals surface area contributed by atoms with Gasteiger partial charge in [-0.2, -0.15) is 0 Å². The molecule has 1 aliphatic carbocycles. The molecule has 27 heavy (non-hydrogen) atoms. The van der Waals surface area contributed by atoms with Crippen LogP contribution in [0.1, 0.15) is 23.3 Å². The van der Waals surface area contributed by atoms with Gasteiger partial charge < -0.3 is 25.0 Å². The molecule has 1 aromatic carbocycles. The highest BCUT2D eigenvalue weighted by Gasteiger charge is 2.55. The molecule has 1 unspecified atom stereocenters. The third-order valence-corrected chi connectivity index (χ3v) is 6.33. The molecule has 8 heteroatoms. The van der Waals surface area contributed by atoms with Gasteiger partial charge in [0.15, 0.2) is 11.6 Å². The van der Waals surface area contributed by atoms with Gasteiger partial charge in [0.2, 0.25) is 5.43 Å². The minimum Gasteiger partial charge on any atom is -0.487 e. The highest BCUT2D eigenvalue weighted by molar-refractivity contribution is 5.97. The molecule has 0 bridgehead atoms. The Morgan fingerprint density at radius 1 is 1.41 bits per heavy atom. The van der Waals surface area contributed by atoms with Crippen molar-refractivity contribution in [3.63, 3.8) is 0 Å². The van der Waals surface area contributed by atoms with Crippen LogP contribution in [-0.4, -0.2) is 41.9 Å². The number of hydrogen-bond acceptors (Lipinski definition) is 5. The van der Waals surface area contributed by atoms with Crippen molar-refractivity contribution >= 4 is 22.6 Å². The maximum Gasteiger partial charge on any atom is 0.341 e. The van der Waals surface area contributed by atoms with Gasteiger partial charge in [-0.05, 0) is 37.3 Å². The van der Waals surface area contributed by atoms with Crippen molar-refractivity contribution in [1.29, 1.82) is 0 Å². The standard InChI is InChI=1S/C19H20FN3O4/c1-8-7-27-18-15-9(17(24)13(19(25)26)6-23(8)15)2-14(20)16(18)22-4-11-10(3-21)12(11)5-22/h2,6,8,10-12H,3-5,7,21H2,1H3,(H,25,26)/t8?,10-,11-,12+. The van der Waals surface area contributed by atoms with E-state index in [1.165, 1.54) is 6.20 Å². The van der Waals surface area contributed by atoms with Crippen molar-refractivity contribution in [2.45, 2.75) is 13.0 Å². The summed E-state index contributed by atoms with van der Waals surface area (Å²) in [6.45, 7) is 4.25. The number of carbonyl (C=O) groups is 1. The van der Waals surface area contributed by atoms with E-state index in [4.69, 9.17) is 10.5 Å². The average Bonchev–Trinajstić information content (AvgIpc) is 3.10. The Labute approximate surface area is 154 Å². The van der Waals surface area contributed by atoms with Gasteiger partial charge in [-0.1, -0.05) is 0 Å². The van der Waals surface area contributed by atoms with Crippen LogP contribution in [0.2, 0.25) is 0 Å². The van der Waals surface area contributed by atoms with Crippen molar-refractivity contribution < 1.29 is 19.0 Å². The molecule has 2 fully saturated rings. The van der Waals surface area contributed by atoms with Crippen molar-refractivity contribution in [2.24, 2.45) is 23.5 Å². The normalized spacial score (nSPS) is 28.2. The summed E-state index contributed by atoms with van der Waals surface area (Å²) >= 11 is 0. The lowest BCUT2D eigenvalue weighted by Gasteiger charge is -2.32. The van der Waals surface area contributed by atoms with Gasteiger partial charge in [-0.25, -0.2) is 9.18 Å². The number of aromatic nitrogens is 1. The number of nitrogens with two attached hydrogens (primary N) is 1. The number of carboxylic acids is 1. The van der Waals surface area contributed by atoms with Gasteiger partial charge >= 0.3 is 5.97 Å². The Hall–Kier alpha value is -2.61. The number of anilines is 1. The molecular weight excluding hydrogens is 353 g/mol. The van der Waals surface area contributed by atoms with Crippen LogP contribution in [0.4, 0.5) is 10.1 Å². The first-order valence-electron chi connectivity index (χ1n) is 9.14. The molecular formula is C19H20FN3O4. The second kappa shape index (κ2) is 5.45. The molecule has 4 atom stereocenters. The lowest BCUT2D eigenvalue weighted by atomic mass is 10.1. The lowest BCUT2D eigenvalue weighted by molar-refractivity contribution is 0.0694. The fraction of sp³-hybridized carbons (Fsp3) is 0.474. The maximum atomic E-state index is 15.1. The Bertz CT molecular complexity index is 1040. The van der Waals surface area contributed by atoms with Crippen LogP contribution >= 0.6 is 0 Å². The molecule has 1 aromatic heterocycles. The number of aromatic carboxylic acids is 1. The highest BCUT2D eigenvalue weighted by Crippen LogP contribution is 2.54. The van der Waals surface area contributed by atoms with Gasteiger partial charge in [0.05, 0.1) is 16.9 Å². The largest absolute Gasteiger partial charge is 0.487 e. The summed E-state index contributed by atoms with van der Waals surface area (Å²) in [5, 5.41) is 9.38. The summed E-state index contributed by atoms with van der Waals surface area (Å²) in [5.41, 5.74) is 5.55. The smallest absolute Gasteiger partial charge is 0.341 e. The summed E-state index contributed by atoms with van der Waals surface area (Å²) in [6, 6.07) is 0.996. The Kier molecular flexibility index (Phi) is 3.34. The monoisotopic (exact) mass is 373 g/mol. The summed E-state index contributed by atoms with van der Waals surface area (Å²) < 4.78 is 22.7. The van der Waals surface area contributed by atoms with E-state index in [1.807, 2.05) is 11.8 Å². The number of benzene rings is 1. The number of carboxylic acid groups (broad SMARTS) is 1. The van der Waals surface area contributed by atoms with Crippen molar-refractivity contribution in [1.82, 2.24) is 4.57 Å². The van der Waals surface area contributed by atoms with Gasteiger partial charge in [0.1, 0.15) is 17.9 Å². The average molecular weight is 373 g/mol. The van der Waals surface area contributed by atoms with E-state index in [1.54, 1.807) is 4.57 Å². The van der Waals surface area contributed by atoms with Crippen LogP contribution in [0.5, 0.6) is 5.75 Å². The van der Waals surface area contributed by atoms with Crippen molar-refractivity contribution in [2.75, 3.05) is 31.1 Å². The van der Waals surface area contributed by atoms with Crippen molar-refractivity contribution in [3.8, 4) is 5.75 Å². The number of ether oxygens (including phenoxy) is 1. The maximum absolute atomic E-state index is 15.1. The summed E-state index contributed by atoms with van der Waals surface area (Å²) in [7, 11) is 0. The SMILES string of the molecule is CC1COc2c(N3C[C@@H]4[C@@H](CN)[C@@H]4C3)c(F)cc3c(=O)c(C(=O)O)cn1c23. The first kappa shape index (κ1) is 16.6. The van der Waals surface area contributed by atoms with Crippen LogP contribution in [0.25, 0.3) is 10.9 Å². The molecule has 0 radical (unpaired) electrons. The van der Waals surface area contributed by atoms with E-state index in [0.717, 1.165) is 19.2 Å². The van der Waals surface area contributed by atoms with Gasteiger partial charge in [0.25, 0.3) is 0 Å². The van der Waals surface area contributed by atoms with E-state index in [-0.39, 0.29) is 23.6 Å². The molecule has 1 saturated carbocycles. The van der Waals surface area contributed by atoms with Crippen molar-refractivity contribution in [3.05, 3.63) is 33.9 Å². The van der Waals surface area contributed by atoms with E-state index in [9.17, 15) is 14.7 Å². The van der Waals surface area contributed by atoms with E-state index >= 15 is 4.39 Å². The zero-order valence-corrected chi connectivity index (χ0v) is 14.8. The highest BCUT2D eigenvalue weighted by atomic mass is 19.1. The zero-order chi connectivity index (χ0) is 19.0. The number of hydrogen-bond donors (Lipinski definition) is 2. The molecule has 7 nitrogen and oxygen atoms in total. The first-order chi connectivity index (χ1) is 12.9. The molecule has 3 N–H and O–H groups in total. The number of nitrogens with zero attached hydrogens (tertiary/aromatic N) is 2. The third kappa shape index (κ3) is 2.16. The molecule has 5 rings (SSSR count). The Morgan fingerprint density at radius 2 is 2.11 bits per heavy atom. The van der Waals surface area contributed by atoms with E-state index in [2.05, 4.69) is 0 Å². The number of fused-ring (bicyclic) bond motifs is 1. The second-order valence-corrected chi connectivity index (χ2v) is 7.81. The molecule has 3 aliphatic rings. The minimum absolute atomic E-state index is 0.0434. The Balaban J connectivity index is 1.72. The molecule has 0 spiro atoms. The van der Waals surface area contributed by atoms with Crippen LogP contribution < -0.4 is 20.8 Å². The van der Waals surface area contributed by atoms with Gasteiger partial charge in [-0.15, -0.1) is 0 Å². The fourth-order valence-electron chi connectivity index (χ4n) is 4.84. The first-order valence-corrected chi connectivity index (χ1v) is 9.14. The number of rotatable bonds is 3. The van der Waals surface area contributed by atoms with Gasteiger partial charge in [0, 0.05) is 19.3 Å². The molecule has 2 aromatic rings. The zero-order valence-electron chi connectivity index (χ0n) is 14.8. The molecule has 142 valence electrons. The van der Waals surface area contributed by atoms with Crippen LogP contribution in [0.15, 0.2) is 17.1 Å². The number of piperidine rings is 1. The topological polar surface area (TPSA) is 97.8 Å². The van der Waals surface area contributed by atoms with E-state index in [0.29, 0.717) is 41.3 Å². The second-order valence-electron chi connectivity index (χ2n) is 7.81. The lowest BCUT2D eigenvalue weighted by Crippen LogP contribution is -2.31. The quantitative estimate of drug-likeness (QED) is 0.845. The van der Waals surface area contributed by atoms with Crippen LogP contribution in [-0.2, 0) is 0 Å². The van der Waals surface area contributed by atoms with Gasteiger partial charge in [-0.3, -0.25) is 4.79 Å². The molecule has 2 aliphatic heterocycles. The third-order valence-electron chi connectivity index (χ3n) is 6.33. The van der Waals surface area contributed by atoms with E-state index < -0.39 is 17.2 Å². The van der Waals surface area contributed by atoms with Crippen LogP contribution in [0.3, 0.4) is 0 Å². The predicted octanol–water partition coefficient (Wildman–Crippen LogP) is 1.43. The number of halogens is 1. The molecule has 1 saturated heterocycles. The molecule has 0 amide bonds. The Morgan fingerprint density at radius 3 is 2.74 bits per heavy atom. The summed E-state index contributed by atoms with van der Waals surface area (Å²) in [5.74, 6) is -0.0550. The summed E-state index contributed by atoms with van der Waals surface area (Å²) in [6.07, 6.45) is 1.34. The fourth-order valence-corrected chi connectivity index (χ4v) is 4.84.